The number of nitrogens with zero attached hydrogens (tertiary/aromatic N) is 11. The molecular weight excluding hydrogens is 1470 g/mol. The summed E-state index contributed by atoms with van der Waals surface area (Å²) in [4.78, 5) is 86.0. The molecule has 0 atom stereocenters. The molecule has 6 fully saturated rings. The van der Waals surface area contributed by atoms with Crippen LogP contribution in [0.15, 0.2) is 176 Å². The second kappa shape index (κ2) is 35.5. The van der Waals surface area contributed by atoms with Crippen molar-refractivity contribution in [1.82, 2.24) is 54.5 Å². The average molecular weight is 1550 g/mol. The van der Waals surface area contributed by atoms with E-state index in [4.69, 9.17) is 33.5 Å². The van der Waals surface area contributed by atoms with E-state index in [0.717, 1.165) is 172 Å². The molecule has 116 heavy (non-hydrogen) atoms. The van der Waals surface area contributed by atoms with Crippen LogP contribution in [0.4, 0.5) is 0 Å². The molecule has 25 heteroatoms. The summed E-state index contributed by atoms with van der Waals surface area (Å²) in [5.41, 5.74) is 16.3. The van der Waals surface area contributed by atoms with Crippen molar-refractivity contribution >= 4 is 56.5 Å². The van der Waals surface area contributed by atoms with Crippen molar-refractivity contribution in [2.45, 2.75) is 82.5 Å². The number of H-pyrrole nitrogens is 3. The van der Waals surface area contributed by atoms with E-state index in [2.05, 4.69) is 65.2 Å². The molecule has 0 spiro atoms. The van der Waals surface area contributed by atoms with Gasteiger partial charge in [0.2, 0.25) is 5.91 Å². The lowest BCUT2D eigenvalue weighted by atomic mass is 10.0. The van der Waals surface area contributed by atoms with Crippen LogP contribution in [0, 0.1) is 34.0 Å². The molecule has 6 aliphatic heterocycles. The number of amides is 4. The molecule has 4 amide bonds. The van der Waals surface area contributed by atoms with E-state index in [0.29, 0.717) is 135 Å². The van der Waals surface area contributed by atoms with Crippen LogP contribution in [0.5, 0.6) is 17.2 Å². The Labute approximate surface area is 670 Å². The minimum atomic E-state index is -0.491. The van der Waals surface area contributed by atoms with E-state index in [1.807, 2.05) is 148 Å². The number of aromatic nitrogens is 7. The number of ether oxygens (including phenoxy) is 6. The lowest BCUT2D eigenvalue weighted by molar-refractivity contribution is -0.135. The molecule has 0 aliphatic carbocycles. The summed E-state index contributed by atoms with van der Waals surface area (Å²) in [6, 6.07) is 56.6. The maximum absolute atomic E-state index is 12.9. The number of hydrogen-bond donors (Lipinski definition) is 4. The van der Waals surface area contributed by atoms with Crippen molar-refractivity contribution < 1.29 is 52.7 Å². The van der Waals surface area contributed by atoms with Crippen LogP contribution in [0.25, 0.3) is 100 Å². The fourth-order valence-corrected chi connectivity index (χ4v) is 15.8. The number of carbonyl (C=O) groups is 4. The van der Waals surface area contributed by atoms with E-state index in [1.54, 1.807) is 29.4 Å². The number of nitrogens with one attached hydrogen (secondary N) is 3. The molecule has 6 aliphatic rings. The van der Waals surface area contributed by atoms with Gasteiger partial charge < -0.3 is 68.1 Å². The zero-order chi connectivity index (χ0) is 79.4. The highest BCUT2D eigenvalue weighted by Crippen LogP contribution is 2.39. The number of hydrogen-bond acceptors (Lipinski definition) is 18. The highest BCUT2D eigenvalue weighted by atomic mass is 16.5. The molecule has 12 heterocycles. The zero-order valence-corrected chi connectivity index (χ0v) is 64.1. The van der Waals surface area contributed by atoms with Gasteiger partial charge in [-0.25, -0.2) is 9.97 Å². The summed E-state index contributed by atoms with van der Waals surface area (Å²) in [6.07, 6.45) is 13.8. The normalized spacial score (nSPS) is 16.1. The Balaban J connectivity index is 0.000000131. The summed E-state index contributed by atoms with van der Waals surface area (Å²) >= 11 is 0. The third-order valence-electron chi connectivity index (χ3n) is 22.2. The van der Waals surface area contributed by atoms with Gasteiger partial charge in [0.05, 0.1) is 73.4 Å². The van der Waals surface area contributed by atoms with Gasteiger partial charge in [-0.2, -0.15) is 15.8 Å². The van der Waals surface area contributed by atoms with Gasteiger partial charge in [0.1, 0.15) is 72.3 Å². The maximum Gasteiger partial charge on any atom is 0.254 e. The number of benzene rings is 6. The molecule has 0 saturated carbocycles. The fraction of sp³-hybridized carbons (Fsp3) is 0.308. The van der Waals surface area contributed by atoms with Crippen LogP contribution < -0.4 is 14.2 Å². The minimum absolute atomic E-state index is 0.0283. The molecule has 0 radical (unpaired) electrons. The highest BCUT2D eigenvalue weighted by Gasteiger charge is 2.28. The number of aliphatic hydroxyl groups excluding tert-OH is 1. The zero-order valence-electron chi connectivity index (χ0n) is 64.1. The maximum atomic E-state index is 12.9. The summed E-state index contributed by atoms with van der Waals surface area (Å²) < 4.78 is 34.6. The topological polar surface area (TPSA) is 327 Å². The Hall–Kier alpha value is -13.1. The molecule has 6 aromatic carbocycles. The number of aliphatic hydroxyl groups is 1. The Morgan fingerprint density at radius 3 is 1.26 bits per heavy atom. The van der Waals surface area contributed by atoms with Crippen molar-refractivity contribution in [1.29, 1.82) is 15.8 Å². The van der Waals surface area contributed by atoms with Gasteiger partial charge in [-0.1, -0.05) is 36.4 Å². The van der Waals surface area contributed by atoms with Gasteiger partial charge in [-0.05, 0) is 164 Å². The summed E-state index contributed by atoms with van der Waals surface area (Å²) in [7, 11) is 0. The predicted molar refractivity (Wildman–Crippen MR) is 436 cm³/mol. The molecule has 4 N–H and O–H groups in total. The lowest BCUT2D eigenvalue weighted by Gasteiger charge is -2.32. The molecular formula is C91H86N14O11. The van der Waals surface area contributed by atoms with E-state index in [1.165, 1.54) is 6.33 Å². The number of likely N-dealkylation sites (tertiary alicyclic amines) is 3. The first-order chi connectivity index (χ1) is 56.9. The van der Waals surface area contributed by atoms with E-state index in [-0.39, 0.29) is 41.9 Å². The largest absolute Gasteiger partial charge is 0.489 e. The molecule has 25 nitrogen and oxygen atoms in total. The molecule has 6 aromatic heterocycles. The monoisotopic (exact) mass is 1550 g/mol. The molecule has 0 unspecified atom stereocenters. The van der Waals surface area contributed by atoms with Crippen LogP contribution in [0.3, 0.4) is 0 Å². The standard InChI is InChI=1S/C31H30N6O4.C30H28N4O4.C30H28N4O3/c32-17-23-15-21(6-7-27(23)41-24-8-12-36(13-9-24)28(39)18-38)29-25-16-26(35-30(25)34-19-33-29)20-4-3-5-22(14-20)31(40)37-10-1-2-11-37;31-19-23-17-22(5-6-28(23)38-24-8-13-36-14-9-24)29-25-18-27(33-26(25)7-10-32-29)20-1-3-21(4-2-20)30(35)34-11-15-37-16-12-34;31-19-23-17-22(7-8-28(23)37-24-10-15-36-16-11-24)29-25-18-27(33-26(25)9-12-32-29)20-3-5-21(6-4-20)30(35)34-13-1-2-14-34/h3-7,14-16,19,24,38H,1-2,8-13,18H2,(H,33,34,35);1-7,10,17-18,24,33H,8-9,11-16H2;3-9,12,17-18,24,33H,1-2,10-11,13-16H2. The van der Waals surface area contributed by atoms with Crippen LogP contribution in [-0.4, -0.2) is 200 Å². The first-order valence-corrected chi connectivity index (χ1v) is 39.7. The predicted octanol–water partition coefficient (Wildman–Crippen LogP) is 14.1. The second-order valence-electron chi connectivity index (χ2n) is 29.6. The first kappa shape index (κ1) is 76.9. The van der Waals surface area contributed by atoms with Gasteiger partial charge in [0.25, 0.3) is 17.7 Å². The number of rotatable bonds is 16. The summed E-state index contributed by atoms with van der Waals surface area (Å²) in [6.45, 7) is 8.94. The SMILES string of the molecule is N#Cc1cc(-c2nccc3[nH]c(-c4ccc(C(=O)N5CCCC5)cc4)cc23)ccc1OC1CCOCC1.N#Cc1cc(-c2nccc3[nH]c(-c4ccc(C(=O)N5CCOCC5)cc4)cc23)ccc1OC1CCOCC1.N#Cc1cc(-c2ncnc3[nH]c(-c4cccc(C(=O)N5CCCC5)c4)cc23)ccc1OC1CCN(C(=O)CO)CC1. The number of nitriles is 3. The Morgan fingerprint density at radius 2 is 0.802 bits per heavy atom. The summed E-state index contributed by atoms with van der Waals surface area (Å²) in [5, 5.41) is 41.3. The van der Waals surface area contributed by atoms with Crippen LogP contribution >= 0.6 is 0 Å². The number of pyridine rings is 2. The van der Waals surface area contributed by atoms with Crippen molar-refractivity contribution in [3.8, 4) is 103 Å². The third kappa shape index (κ3) is 17.2. The van der Waals surface area contributed by atoms with Crippen molar-refractivity contribution in [2.24, 2.45) is 0 Å². The van der Waals surface area contributed by atoms with Gasteiger partial charge in [0.15, 0.2) is 0 Å². The number of morpholine rings is 1. The van der Waals surface area contributed by atoms with Gasteiger partial charge >= 0.3 is 0 Å². The van der Waals surface area contributed by atoms with Gasteiger partial charge in [0, 0.05) is 181 Å². The van der Waals surface area contributed by atoms with Crippen LogP contribution in [0.2, 0.25) is 0 Å². The second-order valence-corrected chi connectivity index (χ2v) is 29.6. The molecule has 6 saturated heterocycles. The number of aromatic amines is 3. The number of piperidine rings is 1. The fourth-order valence-electron chi connectivity index (χ4n) is 15.8. The van der Waals surface area contributed by atoms with Crippen molar-refractivity contribution in [3.05, 3.63) is 210 Å². The molecule has 586 valence electrons. The smallest absolute Gasteiger partial charge is 0.254 e. The number of carbonyl (C=O) groups excluding carboxylic acids is 4. The third-order valence-corrected chi connectivity index (χ3v) is 22.2. The van der Waals surface area contributed by atoms with E-state index >= 15 is 0 Å². The first-order valence-electron chi connectivity index (χ1n) is 39.7. The molecule has 0 bridgehead atoms. The Bertz CT molecular complexity index is 5720. The Kier molecular flexibility index (Phi) is 23.5. The minimum Gasteiger partial charge on any atom is -0.489 e. The quantitative estimate of drug-likeness (QED) is 0.0698. The van der Waals surface area contributed by atoms with Crippen molar-refractivity contribution in [3.63, 3.8) is 0 Å². The van der Waals surface area contributed by atoms with E-state index in [9.17, 15) is 35.0 Å². The summed E-state index contributed by atoms with van der Waals surface area (Å²) in [5.74, 6) is 1.59. The molecule has 12 aromatic rings. The van der Waals surface area contributed by atoms with Crippen LogP contribution in [0.1, 0.15) is 112 Å². The highest BCUT2D eigenvalue weighted by molar-refractivity contribution is 6.01. The van der Waals surface area contributed by atoms with Crippen molar-refractivity contribution in [2.75, 3.05) is 98.6 Å². The van der Waals surface area contributed by atoms with Gasteiger partial charge in [-0.3, -0.25) is 29.1 Å². The van der Waals surface area contributed by atoms with E-state index < -0.39 is 6.61 Å². The molecule has 18 rings (SSSR count). The van der Waals surface area contributed by atoms with Gasteiger partial charge in [-0.15, -0.1) is 0 Å². The Morgan fingerprint density at radius 1 is 0.397 bits per heavy atom. The van der Waals surface area contributed by atoms with Crippen LogP contribution in [-0.2, 0) is 19.0 Å². The number of fused-ring (bicyclic) bond motifs is 3. The average Bonchev–Trinajstić information content (AvgIpc) is 1.64. The lowest BCUT2D eigenvalue weighted by Crippen LogP contribution is -2.42.